The van der Waals surface area contributed by atoms with Crippen LogP contribution in [0.3, 0.4) is 0 Å². The van der Waals surface area contributed by atoms with Crippen molar-refractivity contribution in [2.24, 2.45) is 5.92 Å². The van der Waals surface area contributed by atoms with Crippen LogP contribution in [0, 0.1) is 5.92 Å². The van der Waals surface area contributed by atoms with Gasteiger partial charge in [0.1, 0.15) is 0 Å². The van der Waals surface area contributed by atoms with Crippen LogP contribution in [0.5, 0.6) is 0 Å². The summed E-state index contributed by atoms with van der Waals surface area (Å²) < 4.78 is 0. The average Bonchev–Trinajstić information content (AvgIpc) is 2.49. The third-order valence-corrected chi connectivity index (χ3v) is 4.69. The predicted octanol–water partition coefficient (Wildman–Crippen LogP) is 3.59. The highest BCUT2D eigenvalue weighted by Crippen LogP contribution is 2.27. The molecule has 0 spiro atoms. The van der Waals surface area contributed by atoms with Gasteiger partial charge in [0.05, 0.1) is 5.69 Å². The molecule has 21 heavy (non-hydrogen) atoms. The third-order valence-electron chi connectivity index (χ3n) is 4.69. The summed E-state index contributed by atoms with van der Waals surface area (Å²) in [6.45, 7) is 7.56. The van der Waals surface area contributed by atoms with Gasteiger partial charge in [-0.1, -0.05) is 32.8 Å². The summed E-state index contributed by atoms with van der Waals surface area (Å²) in [5, 5.41) is 3.42. The van der Waals surface area contributed by atoms with E-state index in [2.05, 4.69) is 48.2 Å². The van der Waals surface area contributed by atoms with Gasteiger partial charge in [-0.15, -0.1) is 0 Å². The van der Waals surface area contributed by atoms with Crippen LogP contribution in [0.4, 0.5) is 0 Å². The summed E-state index contributed by atoms with van der Waals surface area (Å²) in [6.07, 6.45) is 8.71. The van der Waals surface area contributed by atoms with E-state index in [1.807, 2.05) is 6.20 Å². The maximum Gasteiger partial charge on any atom is 0.0544 e. The Bertz CT molecular complexity index is 401. The molecule has 1 aromatic rings. The average molecular weight is 289 g/mol. The van der Waals surface area contributed by atoms with E-state index in [4.69, 9.17) is 0 Å². The molecular formula is C18H31N3. The standard InChI is InChI=1S/C18H31N3/c1-4-11-19-12-16-9-10-17(20-13-16)14-21(3)18-8-6-5-7-15(18)2/h9-10,13,15,18-19H,4-8,11-12,14H2,1-3H3. The zero-order chi connectivity index (χ0) is 15.1. The Hall–Kier alpha value is -0.930. The normalized spacial score (nSPS) is 22.7. The molecule has 0 saturated heterocycles. The first-order valence-electron chi connectivity index (χ1n) is 8.55. The van der Waals surface area contributed by atoms with Gasteiger partial charge in [-0.2, -0.15) is 0 Å². The van der Waals surface area contributed by atoms with Crippen LogP contribution >= 0.6 is 0 Å². The van der Waals surface area contributed by atoms with Crippen molar-refractivity contribution < 1.29 is 0 Å². The molecule has 1 aliphatic carbocycles. The number of aromatic nitrogens is 1. The van der Waals surface area contributed by atoms with Crippen LogP contribution in [-0.4, -0.2) is 29.5 Å². The van der Waals surface area contributed by atoms with Crippen molar-refractivity contribution in [2.45, 2.75) is 65.1 Å². The van der Waals surface area contributed by atoms with E-state index >= 15 is 0 Å². The maximum atomic E-state index is 4.64. The topological polar surface area (TPSA) is 28.2 Å². The van der Waals surface area contributed by atoms with Gasteiger partial charge in [-0.3, -0.25) is 9.88 Å². The molecule has 0 amide bonds. The van der Waals surface area contributed by atoms with Crippen molar-refractivity contribution in [1.82, 2.24) is 15.2 Å². The molecule has 1 N–H and O–H groups in total. The van der Waals surface area contributed by atoms with Crippen molar-refractivity contribution >= 4 is 0 Å². The monoisotopic (exact) mass is 289 g/mol. The fraction of sp³-hybridized carbons (Fsp3) is 0.722. The lowest BCUT2D eigenvalue weighted by Gasteiger charge is -2.36. The van der Waals surface area contributed by atoms with Crippen LogP contribution in [0.15, 0.2) is 18.3 Å². The van der Waals surface area contributed by atoms with E-state index in [-0.39, 0.29) is 0 Å². The van der Waals surface area contributed by atoms with E-state index in [0.717, 1.165) is 31.6 Å². The second-order valence-electron chi connectivity index (χ2n) is 6.58. The molecule has 1 aliphatic rings. The number of hydrogen-bond donors (Lipinski definition) is 1. The highest BCUT2D eigenvalue weighted by molar-refractivity contribution is 5.14. The lowest BCUT2D eigenvalue weighted by molar-refractivity contribution is 0.132. The summed E-state index contributed by atoms with van der Waals surface area (Å²) in [6, 6.07) is 5.13. The molecule has 1 aromatic heterocycles. The van der Waals surface area contributed by atoms with E-state index in [9.17, 15) is 0 Å². The van der Waals surface area contributed by atoms with E-state index in [0.29, 0.717) is 0 Å². The molecule has 1 heterocycles. The van der Waals surface area contributed by atoms with Crippen LogP contribution in [-0.2, 0) is 13.1 Å². The van der Waals surface area contributed by atoms with Gasteiger partial charge in [0.15, 0.2) is 0 Å². The maximum absolute atomic E-state index is 4.64. The van der Waals surface area contributed by atoms with Crippen LogP contribution in [0.2, 0.25) is 0 Å². The fourth-order valence-corrected chi connectivity index (χ4v) is 3.39. The van der Waals surface area contributed by atoms with Gasteiger partial charge in [0.25, 0.3) is 0 Å². The Balaban J connectivity index is 1.84. The summed E-state index contributed by atoms with van der Waals surface area (Å²) >= 11 is 0. The van der Waals surface area contributed by atoms with Crippen molar-refractivity contribution in [3.8, 4) is 0 Å². The predicted molar refractivity (Wildman–Crippen MR) is 89.1 cm³/mol. The first kappa shape index (κ1) is 16.4. The second-order valence-corrected chi connectivity index (χ2v) is 6.58. The van der Waals surface area contributed by atoms with E-state index in [1.54, 1.807) is 0 Å². The highest BCUT2D eigenvalue weighted by Gasteiger charge is 2.24. The molecule has 2 atom stereocenters. The summed E-state index contributed by atoms with van der Waals surface area (Å²) in [5.74, 6) is 0.821. The number of hydrogen-bond acceptors (Lipinski definition) is 3. The van der Waals surface area contributed by atoms with Crippen molar-refractivity contribution in [2.75, 3.05) is 13.6 Å². The number of rotatable bonds is 7. The molecule has 2 unspecified atom stereocenters. The molecular weight excluding hydrogens is 258 g/mol. The zero-order valence-corrected chi connectivity index (χ0v) is 13.9. The van der Waals surface area contributed by atoms with Gasteiger partial charge in [0.2, 0.25) is 0 Å². The Labute approximate surface area is 130 Å². The number of nitrogens with zero attached hydrogens (tertiary/aromatic N) is 2. The van der Waals surface area contributed by atoms with Crippen LogP contribution < -0.4 is 5.32 Å². The summed E-state index contributed by atoms with van der Waals surface area (Å²) in [7, 11) is 2.25. The summed E-state index contributed by atoms with van der Waals surface area (Å²) in [4.78, 5) is 7.14. The minimum absolute atomic E-state index is 0.728. The van der Waals surface area contributed by atoms with Crippen LogP contribution in [0.1, 0.15) is 57.2 Å². The lowest BCUT2D eigenvalue weighted by atomic mass is 9.85. The minimum Gasteiger partial charge on any atom is -0.313 e. The lowest BCUT2D eigenvalue weighted by Crippen LogP contribution is -2.38. The molecule has 3 heteroatoms. The molecule has 0 aromatic carbocycles. The van der Waals surface area contributed by atoms with Crippen molar-refractivity contribution in [3.05, 3.63) is 29.6 Å². The summed E-state index contributed by atoms with van der Waals surface area (Å²) in [5.41, 5.74) is 2.47. The Kier molecular flexibility index (Phi) is 6.65. The molecule has 3 nitrogen and oxygen atoms in total. The molecule has 0 aliphatic heterocycles. The molecule has 0 bridgehead atoms. The van der Waals surface area contributed by atoms with E-state index in [1.165, 1.54) is 43.4 Å². The molecule has 1 saturated carbocycles. The Morgan fingerprint density at radius 3 is 2.76 bits per heavy atom. The van der Waals surface area contributed by atoms with Crippen LogP contribution in [0.25, 0.3) is 0 Å². The number of nitrogens with one attached hydrogen (secondary N) is 1. The largest absolute Gasteiger partial charge is 0.313 e. The van der Waals surface area contributed by atoms with Gasteiger partial charge in [0, 0.05) is 25.3 Å². The molecule has 2 rings (SSSR count). The Morgan fingerprint density at radius 2 is 2.10 bits per heavy atom. The van der Waals surface area contributed by atoms with Crippen molar-refractivity contribution in [1.29, 1.82) is 0 Å². The first-order chi connectivity index (χ1) is 10.2. The number of pyridine rings is 1. The minimum atomic E-state index is 0.728. The molecule has 0 radical (unpaired) electrons. The Morgan fingerprint density at radius 1 is 1.29 bits per heavy atom. The SMILES string of the molecule is CCCNCc1ccc(CN(C)C2CCCCC2C)nc1. The molecule has 1 fully saturated rings. The third kappa shape index (κ3) is 5.08. The second kappa shape index (κ2) is 8.50. The van der Waals surface area contributed by atoms with Gasteiger partial charge in [-0.05, 0) is 50.4 Å². The van der Waals surface area contributed by atoms with Gasteiger partial charge in [-0.25, -0.2) is 0 Å². The fourth-order valence-electron chi connectivity index (χ4n) is 3.39. The van der Waals surface area contributed by atoms with Gasteiger partial charge >= 0.3 is 0 Å². The highest BCUT2D eigenvalue weighted by atomic mass is 15.1. The molecule has 118 valence electrons. The van der Waals surface area contributed by atoms with Crippen molar-refractivity contribution in [3.63, 3.8) is 0 Å². The van der Waals surface area contributed by atoms with Gasteiger partial charge < -0.3 is 5.32 Å². The quantitative estimate of drug-likeness (QED) is 0.778. The first-order valence-corrected chi connectivity index (χ1v) is 8.55. The zero-order valence-electron chi connectivity index (χ0n) is 13.9. The van der Waals surface area contributed by atoms with E-state index < -0.39 is 0 Å². The smallest absolute Gasteiger partial charge is 0.0544 e.